The lowest BCUT2D eigenvalue weighted by Crippen LogP contribution is -2.28. The van der Waals surface area contributed by atoms with Gasteiger partial charge >= 0.3 is 6.18 Å². The predicted octanol–water partition coefficient (Wildman–Crippen LogP) is 3.50. The molecule has 0 saturated carbocycles. The number of hydrogen-bond donors (Lipinski definition) is 3. The molecule has 0 aliphatic carbocycles. The SMILES string of the molecule is CC(C)NCC(O)c1cc(Br)c(N)c(C(F)(F)F)c1.Cl. The quantitative estimate of drug-likeness (QED) is 0.704. The van der Waals surface area contributed by atoms with Crippen LogP contribution in [-0.2, 0) is 6.18 Å². The zero-order valence-corrected chi connectivity index (χ0v) is 13.4. The van der Waals surface area contributed by atoms with E-state index in [2.05, 4.69) is 21.2 Å². The topological polar surface area (TPSA) is 58.3 Å². The third-order valence-corrected chi connectivity index (χ3v) is 3.22. The Morgan fingerprint density at radius 1 is 1.35 bits per heavy atom. The van der Waals surface area contributed by atoms with Gasteiger partial charge in [0.15, 0.2) is 0 Å². The highest BCUT2D eigenvalue weighted by Crippen LogP contribution is 2.38. The normalized spacial score (nSPS) is 13.2. The third kappa shape index (κ3) is 5.12. The molecule has 0 amide bonds. The van der Waals surface area contributed by atoms with Crippen molar-refractivity contribution in [3.63, 3.8) is 0 Å². The number of anilines is 1. The maximum Gasteiger partial charge on any atom is 0.418 e. The van der Waals surface area contributed by atoms with Gasteiger partial charge in [-0.1, -0.05) is 13.8 Å². The number of nitrogen functional groups attached to an aromatic ring is 1. The number of nitrogens with one attached hydrogen (secondary N) is 1. The van der Waals surface area contributed by atoms with Crippen LogP contribution in [-0.4, -0.2) is 17.7 Å². The summed E-state index contributed by atoms with van der Waals surface area (Å²) in [5, 5.41) is 12.8. The molecule has 8 heteroatoms. The average Bonchev–Trinajstić information content (AvgIpc) is 2.27. The maximum absolute atomic E-state index is 12.8. The minimum atomic E-state index is -4.55. The smallest absolute Gasteiger partial charge is 0.397 e. The van der Waals surface area contributed by atoms with E-state index >= 15 is 0 Å². The van der Waals surface area contributed by atoms with E-state index < -0.39 is 17.8 Å². The summed E-state index contributed by atoms with van der Waals surface area (Å²) >= 11 is 2.98. The molecule has 116 valence electrons. The summed E-state index contributed by atoms with van der Waals surface area (Å²) in [6, 6.07) is 2.42. The Kier molecular flexibility index (Phi) is 7.30. The molecule has 0 spiro atoms. The number of hydrogen-bond acceptors (Lipinski definition) is 3. The van der Waals surface area contributed by atoms with Gasteiger partial charge in [-0.15, -0.1) is 12.4 Å². The molecule has 1 rings (SSSR count). The molecule has 4 N–H and O–H groups in total. The van der Waals surface area contributed by atoms with E-state index in [0.717, 1.165) is 6.07 Å². The van der Waals surface area contributed by atoms with Gasteiger partial charge in [-0.25, -0.2) is 0 Å². The van der Waals surface area contributed by atoms with Gasteiger partial charge in [0.25, 0.3) is 0 Å². The number of alkyl halides is 3. The van der Waals surface area contributed by atoms with Gasteiger partial charge in [-0.3, -0.25) is 0 Å². The molecule has 0 aliphatic heterocycles. The number of halogens is 5. The van der Waals surface area contributed by atoms with E-state index in [1.165, 1.54) is 6.07 Å². The number of aliphatic hydroxyl groups is 1. The maximum atomic E-state index is 12.8. The lowest BCUT2D eigenvalue weighted by molar-refractivity contribution is -0.137. The van der Waals surface area contributed by atoms with Crippen molar-refractivity contribution in [2.24, 2.45) is 0 Å². The van der Waals surface area contributed by atoms with Crippen molar-refractivity contribution in [3.05, 3.63) is 27.7 Å². The highest BCUT2D eigenvalue weighted by Gasteiger charge is 2.34. The molecular weight excluding hydrogens is 360 g/mol. The van der Waals surface area contributed by atoms with Crippen molar-refractivity contribution < 1.29 is 18.3 Å². The summed E-state index contributed by atoms with van der Waals surface area (Å²) in [7, 11) is 0. The van der Waals surface area contributed by atoms with E-state index in [1.54, 1.807) is 0 Å². The second kappa shape index (κ2) is 7.49. The Labute approximate surface area is 130 Å². The minimum Gasteiger partial charge on any atom is -0.397 e. The van der Waals surface area contributed by atoms with E-state index in [-0.39, 0.29) is 40.7 Å². The van der Waals surface area contributed by atoms with Crippen molar-refractivity contribution in [2.45, 2.75) is 32.2 Å². The Hall–Kier alpha value is -0.500. The van der Waals surface area contributed by atoms with Crippen LogP contribution in [0.3, 0.4) is 0 Å². The van der Waals surface area contributed by atoms with Crippen molar-refractivity contribution in [2.75, 3.05) is 12.3 Å². The van der Waals surface area contributed by atoms with Gasteiger partial charge < -0.3 is 16.2 Å². The van der Waals surface area contributed by atoms with Crippen molar-refractivity contribution >= 4 is 34.0 Å². The van der Waals surface area contributed by atoms with E-state index in [1.807, 2.05) is 13.8 Å². The minimum absolute atomic E-state index is 0. The molecule has 0 radical (unpaired) electrons. The van der Waals surface area contributed by atoms with Gasteiger partial charge in [0.05, 0.1) is 17.4 Å². The Bertz CT molecular complexity index is 455. The second-order valence-corrected chi connectivity index (χ2v) is 5.39. The summed E-state index contributed by atoms with van der Waals surface area (Å²) in [6.07, 6.45) is -5.58. The van der Waals surface area contributed by atoms with Gasteiger partial charge in [0.1, 0.15) is 0 Å². The highest BCUT2D eigenvalue weighted by molar-refractivity contribution is 9.10. The number of nitrogens with two attached hydrogens (primary N) is 1. The molecule has 0 heterocycles. The Morgan fingerprint density at radius 3 is 2.35 bits per heavy atom. The molecule has 1 aromatic rings. The highest BCUT2D eigenvalue weighted by atomic mass is 79.9. The lowest BCUT2D eigenvalue weighted by Gasteiger charge is -2.18. The van der Waals surface area contributed by atoms with Gasteiger partial charge in [0, 0.05) is 17.1 Å². The van der Waals surface area contributed by atoms with E-state index in [0.29, 0.717) is 0 Å². The summed E-state index contributed by atoms with van der Waals surface area (Å²) in [6.45, 7) is 3.94. The lowest BCUT2D eigenvalue weighted by atomic mass is 10.0. The average molecular weight is 378 g/mol. The molecule has 3 nitrogen and oxygen atoms in total. The van der Waals surface area contributed by atoms with Crippen molar-refractivity contribution in [1.82, 2.24) is 5.32 Å². The van der Waals surface area contributed by atoms with Crippen LogP contribution in [0.4, 0.5) is 18.9 Å². The number of aliphatic hydroxyl groups excluding tert-OH is 1. The summed E-state index contributed by atoms with van der Waals surface area (Å²) < 4.78 is 38.5. The zero-order valence-electron chi connectivity index (χ0n) is 11.0. The molecule has 1 aromatic carbocycles. The molecule has 1 unspecified atom stereocenters. The first kappa shape index (κ1) is 19.5. The van der Waals surface area contributed by atoms with Crippen LogP contribution in [0.5, 0.6) is 0 Å². The summed E-state index contributed by atoms with van der Waals surface area (Å²) in [5.74, 6) is 0. The first-order valence-electron chi connectivity index (χ1n) is 5.70. The summed E-state index contributed by atoms with van der Waals surface area (Å²) in [4.78, 5) is 0. The zero-order chi connectivity index (χ0) is 14.8. The second-order valence-electron chi connectivity index (χ2n) is 4.54. The number of rotatable bonds is 4. The molecule has 0 saturated heterocycles. The van der Waals surface area contributed by atoms with E-state index in [9.17, 15) is 18.3 Å². The van der Waals surface area contributed by atoms with Crippen molar-refractivity contribution in [3.8, 4) is 0 Å². The largest absolute Gasteiger partial charge is 0.418 e. The Morgan fingerprint density at radius 2 is 1.90 bits per heavy atom. The first-order chi connectivity index (χ1) is 8.62. The van der Waals surface area contributed by atoms with Crippen LogP contribution < -0.4 is 11.1 Å². The fourth-order valence-corrected chi connectivity index (χ4v) is 2.01. The van der Waals surface area contributed by atoms with Crippen LogP contribution in [0.2, 0.25) is 0 Å². The molecule has 0 fully saturated rings. The first-order valence-corrected chi connectivity index (χ1v) is 6.49. The fourth-order valence-electron chi connectivity index (χ4n) is 1.53. The molecule has 1 atom stereocenters. The van der Waals surface area contributed by atoms with Gasteiger partial charge in [-0.2, -0.15) is 13.2 Å². The van der Waals surface area contributed by atoms with Crippen LogP contribution in [0.25, 0.3) is 0 Å². The van der Waals surface area contributed by atoms with Gasteiger partial charge in [0.2, 0.25) is 0 Å². The molecular formula is C12H17BrClF3N2O. The fraction of sp³-hybridized carbons (Fsp3) is 0.500. The molecule has 20 heavy (non-hydrogen) atoms. The Balaban J connectivity index is 0.00000361. The standard InChI is InChI=1S/C12H16BrF3N2O.ClH/c1-6(2)18-5-10(19)7-3-8(12(14,15)16)11(17)9(13)4-7;/h3-4,6,10,18-19H,5,17H2,1-2H3;1H. The molecule has 0 aliphatic rings. The van der Waals surface area contributed by atoms with Crippen LogP contribution in [0.15, 0.2) is 16.6 Å². The van der Waals surface area contributed by atoms with Gasteiger partial charge in [-0.05, 0) is 33.6 Å². The van der Waals surface area contributed by atoms with Crippen LogP contribution in [0, 0.1) is 0 Å². The molecule has 0 aromatic heterocycles. The predicted molar refractivity (Wildman–Crippen MR) is 78.9 cm³/mol. The van der Waals surface area contributed by atoms with Crippen LogP contribution >= 0.6 is 28.3 Å². The van der Waals surface area contributed by atoms with E-state index in [4.69, 9.17) is 5.73 Å². The monoisotopic (exact) mass is 376 g/mol. The molecule has 0 bridgehead atoms. The third-order valence-electron chi connectivity index (χ3n) is 2.56. The summed E-state index contributed by atoms with van der Waals surface area (Å²) in [5.41, 5.74) is 4.25. The van der Waals surface area contributed by atoms with Crippen LogP contribution in [0.1, 0.15) is 31.1 Å². The number of benzene rings is 1. The van der Waals surface area contributed by atoms with Crippen molar-refractivity contribution in [1.29, 1.82) is 0 Å².